The predicted molar refractivity (Wildman–Crippen MR) is 70.1 cm³/mol. The zero-order valence-corrected chi connectivity index (χ0v) is 14.7. The Balaban J connectivity index is 5.99. The van der Waals surface area contributed by atoms with Gasteiger partial charge in [-0.05, 0) is 13.8 Å². The van der Waals surface area contributed by atoms with Gasteiger partial charge in [0.25, 0.3) is 5.78 Å². The first-order chi connectivity index (χ1) is 12.5. The second kappa shape index (κ2) is 8.04. The molecule has 0 heterocycles. The number of nitrogens with zero attached hydrogens (tertiary/aromatic N) is 1. The van der Waals surface area contributed by atoms with Crippen LogP contribution >= 0.6 is 0 Å². The lowest BCUT2D eigenvalue weighted by molar-refractivity contribution is -0.531. The Morgan fingerprint density at radius 3 is 1.38 bits per heavy atom. The molecule has 29 heavy (non-hydrogen) atoms. The molecule has 0 aromatic heterocycles. The van der Waals surface area contributed by atoms with Gasteiger partial charge in [0.15, 0.2) is 5.78 Å². The molecule has 0 unspecified atom stereocenters. The second-order valence-electron chi connectivity index (χ2n) is 5.51. The van der Waals surface area contributed by atoms with Crippen molar-refractivity contribution in [2.45, 2.75) is 44.5 Å². The van der Waals surface area contributed by atoms with E-state index in [4.69, 9.17) is 0 Å². The molecule has 0 aliphatic heterocycles. The lowest BCUT2D eigenvalue weighted by Gasteiger charge is -2.31. The molecule has 0 saturated heterocycles. The molecular formula is C13H12F11NO4. The average molecular weight is 455 g/mol. The van der Waals surface area contributed by atoms with E-state index in [0.717, 1.165) is 25.9 Å². The van der Waals surface area contributed by atoms with E-state index in [1.807, 2.05) is 0 Å². The van der Waals surface area contributed by atoms with E-state index < -0.39 is 53.4 Å². The van der Waals surface area contributed by atoms with E-state index in [0.29, 0.717) is 6.92 Å². The summed E-state index contributed by atoms with van der Waals surface area (Å²) in [4.78, 5) is 23.9. The molecule has 0 N–H and O–H groups in total. The third-order valence-electron chi connectivity index (χ3n) is 3.06. The molecule has 0 amide bonds. The monoisotopic (exact) mass is 455 g/mol. The molecule has 0 aliphatic rings. The van der Waals surface area contributed by atoms with E-state index in [1.54, 1.807) is 4.74 Å². The molecule has 0 radical (unpaired) electrons. The molecule has 0 atom stereocenters. The van der Waals surface area contributed by atoms with Crippen LogP contribution in [0.25, 0.3) is 0 Å². The standard InChI is InChI=1S/C13H12F11NO4/c1-5(25(3)4)7(6(2)26)8(27)9(14,15)28-12(21,22)13(23,24)29-11(19,20)10(16,17)18/h1-4H3/b7-5+. The van der Waals surface area contributed by atoms with Gasteiger partial charge < -0.3 is 4.90 Å². The number of ether oxygens (including phenoxy) is 2. The molecule has 0 aromatic carbocycles. The summed E-state index contributed by atoms with van der Waals surface area (Å²) in [5.41, 5.74) is -2.04. The third kappa shape index (κ3) is 6.01. The number of ketones is 2. The number of carbonyl (C=O) groups excluding carboxylic acids is 2. The van der Waals surface area contributed by atoms with Crippen molar-refractivity contribution in [2.24, 2.45) is 0 Å². The summed E-state index contributed by atoms with van der Waals surface area (Å²) < 4.78 is 144. The van der Waals surface area contributed by atoms with Crippen LogP contribution < -0.4 is 0 Å². The van der Waals surface area contributed by atoms with Crippen molar-refractivity contribution >= 4 is 11.6 Å². The van der Waals surface area contributed by atoms with Crippen LogP contribution in [-0.2, 0) is 19.1 Å². The molecule has 0 saturated carbocycles. The molecule has 0 fully saturated rings. The maximum atomic E-state index is 13.7. The van der Waals surface area contributed by atoms with Gasteiger partial charge in [0.1, 0.15) is 0 Å². The van der Waals surface area contributed by atoms with Gasteiger partial charge in [0.05, 0.1) is 5.57 Å². The highest BCUT2D eigenvalue weighted by atomic mass is 19.4. The third-order valence-corrected chi connectivity index (χ3v) is 3.06. The summed E-state index contributed by atoms with van der Waals surface area (Å²) >= 11 is 0. The van der Waals surface area contributed by atoms with Crippen LogP contribution in [0.2, 0.25) is 0 Å². The number of alkyl halides is 11. The van der Waals surface area contributed by atoms with Crippen molar-refractivity contribution in [1.29, 1.82) is 0 Å². The second-order valence-corrected chi connectivity index (χ2v) is 5.51. The zero-order chi connectivity index (χ0) is 23.8. The van der Waals surface area contributed by atoms with Crippen LogP contribution in [0.3, 0.4) is 0 Å². The van der Waals surface area contributed by atoms with E-state index in [2.05, 4.69) is 4.74 Å². The topological polar surface area (TPSA) is 55.8 Å². The Bertz CT molecular complexity index is 683. The van der Waals surface area contributed by atoms with Crippen LogP contribution in [0, 0.1) is 0 Å². The Morgan fingerprint density at radius 2 is 1.07 bits per heavy atom. The fourth-order valence-electron chi connectivity index (χ4n) is 1.49. The minimum Gasteiger partial charge on any atom is -0.380 e. The van der Waals surface area contributed by atoms with Crippen LogP contribution in [0.15, 0.2) is 11.3 Å². The summed E-state index contributed by atoms with van der Waals surface area (Å²) in [5.74, 6) is -4.33. The van der Waals surface area contributed by atoms with Gasteiger partial charge in [0.2, 0.25) is 0 Å². The van der Waals surface area contributed by atoms with Crippen LogP contribution in [-0.4, -0.2) is 61.2 Å². The Morgan fingerprint density at radius 1 is 0.690 bits per heavy atom. The van der Waals surface area contributed by atoms with Gasteiger partial charge in [-0.3, -0.25) is 9.59 Å². The first-order valence-electron chi connectivity index (χ1n) is 6.92. The molecule has 0 aliphatic carbocycles. The molecule has 170 valence electrons. The van der Waals surface area contributed by atoms with Crippen molar-refractivity contribution in [3.8, 4) is 0 Å². The molecule has 16 heteroatoms. The molecular weight excluding hydrogens is 443 g/mol. The van der Waals surface area contributed by atoms with Gasteiger partial charge in [-0.15, -0.1) is 0 Å². The van der Waals surface area contributed by atoms with Crippen LogP contribution in [0.5, 0.6) is 0 Å². The summed E-state index contributed by atoms with van der Waals surface area (Å²) in [6, 6.07) is 0. The zero-order valence-electron chi connectivity index (χ0n) is 14.7. The van der Waals surface area contributed by atoms with Gasteiger partial charge in [-0.1, -0.05) is 0 Å². The number of Topliss-reactive ketones (excluding diaryl/α,β-unsaturated/α-hetero) is 2. The van der Waals surface area contributed by atoms with Crippen LogP contribution in [0.4, 0.5) is 48.3 Å². The first kappa shape index (κ1) is 27.0. The summed E-state index contributed by atoms with van der Waals surface area (Å²) in [7, 11) is 2.22. The summed E-state index contributed by atoms with van der Waals surface area (Å²) in [6.07, 6.45) is -33.6. The minimum atomic E-state index is -6.98. The van der Waals surface area contributed by atoms with E-state index >= 15 is 0 Å². The van der Waals surface area contributed by atoms with Crippen LogP contribution in [0.1, 0.15) is 13.8 Å². The highest BCUT2D eigenvalue weighted by Gasteiger charge is 2.73. The Hall–Kier alpha value is -1.97. The van der Waals surface area contributed by atoms with Crippen molar-refractivity contribution in [2.75, 3.05) is 14.1 Å². The highest BCUT2D eigenvalue weighted by molar-refractivity contribution is 6.21. The number of halogens is 11. The van der Waals surface area contributed by atoms with E-state index in [-0.39, 0.29) is 0 Å². The van der Waals surface area contributed by atoms with Crippen molar-refractivity contribution < 1.29 is 67.4 Å². The van der Waals surface area contributed by atoms with Gasteiger partial charge in [-0.2, -0.15) is 48.3 Å². The van der Waals surface area contributed by atoms with Gasteiger partial charge in [0, 0.05) is 19.8 Å². The smallest absolute Gasteiger partial charge is 0.380 e. The predicted octanol–water partition coefficient (Wildman–Crippen LogP) is 3.95. The van der Waals surface area contributed by atoms with E-state index in [9.17, 15) is 57.9 Å². The van der Waals surface area contributed by atoms with Crippen molar-refractivity contribution in [1.82, 2.24) is 4.90 Å². The van der Waals surface area contributed by atoms with Crippen molar-refractivity contribution in [3.05, 3.63) is 11.3 Å². The fraction of sp³-hybridized carbons (Fsp3) is 0.692. The SMILES string of the molecule is CC(=O)/C(C(=O)C(F)(F)OC(F)(F)C(F)(F)OC(F)(F)C(F)(F)F)=C(/C)N(C)C. The maximum Gasteiger partial charge on any atom is 0.483 e. The lowest BCUT2D eigenvalue weighted by Crippen LogP contribution is -2.56. The summed E-state index contributed by atoms with van der Waals surface area (Å²) in [5, 5.41) is 0. The number of hydrogen-bond donors (Lipinski definition) is 0. The Labute approximate surface area is 155 Å². The molecule has 0 spiro atoms. The minimum absolute atomic E-state index is 0.524. The highest BCUT2D eigenvalue weighted by Crippen LogP contribution is 2.47. The van der Waals surface area contributed by atoms with E-state index in [1.165, 1.54) is 0 Å². The molecule has 5 nitrogen and oxygen atoms in total. The molecule has 0 bridgehead atoms. The normalized spacial score (nSPS) is 15.1. The largest absolute Gasteiger partial charge is 0.483 e. The number of allylic oxidation sites excluding steroid dienone is 1. The number of rotatable bonds is 9. The fourth-order valence-corrected chi connectivity index (χ4v) is 1.49. The molecule has 0 aromatic rings. The Kier molecular flexibility index (Phi) is 7.50. The van der Waals surface area contributed by atoms with Crippen molar-refractivity contribution in [3.63, 3.8) is 0 Å². The maximum absolute atomic E-state index is 13.7. The molecule has 0 rings (SSSR count). The summed E-state index contributed by atoms with van der Waals surface area (Å²) in [6.45, 7) is 1.40. The van der Waals surface area contributed by atoms with Gasteiger partial charge >= 0.3 is 30.6 Å². The average Bonchev–Trinajstić information content (AvgIpc) is 2.42. The lowest BCUT2D eigenvalue weighted by atomic mass is 10.0. The first-order valence-corrected chi connectivity index (χ1v) is 6.92. The quantitative estimate of drug-likeness (QED) is 0.228. The number of carbonyl (C=O) groups is 2. The van der Waals surface area contributed by atoms with Gasteiger partial charge in [-0.25, -0.2) is 9.47 Å². The number of hydrogen-bond acceptors (Lipinski definition) is 5.